The number of nitrogens with one attached hydrogen (secondary N) is 1. The maximum Gasteiger partial charge on any atom is 0.263 e. The van der Waals surface area contributed by atoms with Gasteiger partial charge < -0.3 is 19.5 Å². The second-order valence-corrected chi connectivity index (χ2v) is 7.20. The lowest BCUT2D eigenvalue weighted by Crippen LogP contribution is -2.22. The number of carbonyl (C=O) groups is 1. The monoisotopic (exact) mass is 398 g/mol. The van der Waals surface area contributed by atoms with E-state index in [1.807, 2.05) is 49.4 Å². The molecule has 0 unspecified atom stereocenters. The number of carbonyl (C=O) groups excluding carboxylic acids is 1. The summed E-state index contributed by atoms with van der Waals surface area (Å²) in [6.45, 7) is 2.22. The Balaban J connectivity index is 1.82. The van der Waals surface area contributed by atoms with Gasteiger partial charge in [-0.15, -0.1) is 11.3 Å². The van der Waals surface area contributed by atoms with Crippen molar-refractivity contribution in [1.29, 1.82) is 0 Å². The molecule has 0 saturated heterocycles. The molecule has 1 aromatic heterocycles. The topological polar surface area (TPSA) is 69.7 Å². The third-order valence-corrected chi connectivity index (χ3v) is 5.13. The van der Waals surface area contributed by atoms with Crippen LogP contribution in [-0.4, -0.2) is 32.2 Å². The molecule has 0 radical (unpaired) electrons. The van der Waals surface area contributed by atoms with Gasteiger partial charge in [0.2, 0.25) is 5.75 Å². The molecule has 28 heavy (non-hydrogen) atoms. The van der Waals surface area contributed by atoms with Crippen LogP contribution in [0.5, 0.6) is 17.2 Å². The van der Waals surface area contributed by atoms with Crippen molar-refractivity contribution in [3.63, 3.8) is 0 Å². The standard InChI is InChI=1S/C21H22N2O4S/c1-13-23-18(15-8-6-5-7-9-15)20(28-13)21(24)22-12-14-10-16(25-2)19(27-4)17(11-14)26-3/h5-11H,12H2,1-4H3,(H,22,24). The fourth-order valence-corrected chi connectivity index (χ4v) is 3.73. The first-order valence-electron chi connectivity index (χ1n) is 8.67. The fourth-order valence-electron chi connectivity index (χ4n) is 2.87. The number of hydrogen-bond donors (Lipinski definition) is 1. The lowest BCUT2D eigenvalue weighted by Gasteiger charge is -2.14. The predicted octanol–water partition coefficient (Wildman–Crippen LogP) is 4.07. The van der Waals surface area contributed by atoms with Gasteiger partial charge in [-0.2, -0.15) is 0 Å². The highest BCUT2D eigenvalue weighted by molar-refractivity contribution is 7.14. The van der Waals surface area contributed by atoms with Crippen LogP contribution in [0.15, 0.2) is 42.5 Å². The molecule has 3 rings (SSSR count). The van der Waals surface area contributed by atoms with Crippen molar-refractivity contribution in [2.75, 3.05) is 21.3 Å². The molecule has 7 heteroatoms. The van der Waals surface area contributed by atoms with Gasteiger partial charge in [-0.25, -0.2) is 4.98 Å². The number of aromatic nitrogens is 1. The first-order chi connectivity index (χ1) is 13.6. The van der Waals surface area contributed by atoms with E-state index < -0.39 is 0 Å². The number of aryl methyl sites for hydroxylation is 1. The number of rotatable bonds is 7. The van der Waals surface area contributed by atoms with E-state index in [-0.39, 0.29) is 5.91 Å². The molecule has 0 saturated carbocycles. The van der Waals surface area contributed by atoms with Gasteiger partial charge in [0.25, 0.3) is 5.91 Å². The van der Waals surface area contributed by atoms with Crippen LogP contribution < -0.4 is 19.5 Å². The molecule has 6 nitrogen and oxygen atoms in total. The van der Waals surface area contributed by atoms with E-state index in [9.17, 15) is 4.79 Å². The molecule has 146 valence electrons. The SMILES string of the molecule is COc1cc(CNC(=O)c2sc(C)nc2-c2ccccc2)cc(OC)c1OC. The van der Waals surface area contributed by atoms with Crippen molar-refractivity contribution in [2.45, 2.75) is 13.5 Å². The van der Waals surface area contributed by atoms with Gasteiger partial charge in [0, 0.05) is 12.1 Å². The maximum absolute atomic E-state index is 12.8. The second-order valence-electron chi connectivity index (χ2n) is 5.99. The zero-order valence-corrected chi connectivity index (χ0v) is 17.1. The summed E-state index contributed by atoms with van der Waals surface area (Å²) in [6.07, 6.45) is 0. The molecule has 1 amide bonds. The maximum atomic E-state index is 12.8. The van der Waals surface area contributed by atoms with Crippen LogP contribution in [0, 0.1) is 6.92 Å². The average Bonchev–Trinajstić information content (AvgIpc) is 3.13. The summed E-state index contributed by atoms with van der Waals surface area (Å²) < 4.78 is 16.1. The average molecular weight is 398 g/mol. The van der Waals surface area contributed by atoms with E-state index in [1.165, 1.54) is 11.3 Å². The molecule has 0 aliphatic rings. The van der Waals surface area contributed by atoms with E-state index >= 15 is 0 Å². The predicted molar refractivity (Wildman–Crippen MR) is 110 cm³/mol. The number of nitrogens with zero attached hydrogens (tertiary/aromatic N) is 1. The van der Waals surface area contributed by atoms with Gasteiger partial charge in [-0.1, -0.05) is 30.3 Å². The van der Waals surface area contributed by atoms with Crippen molar-refractivity contribution in [1.82, 2.24) is 10.3 Å². The van der Waals surface area contributed by atoms with Crippen LogP contribution in [0.3, 0.4) is 0 Å². The highest BCUT2D eigenvalue weighted by Crippen LogP contribution is 2.38. The molecular formula is C21H22N2O4S. The summed E-state index contributed by atoms with van der Waals surface area (Å²) in [5.74, 6) is 1.44. The highest BCUT2D eigenvalue weighted by atomic mass is 32.1. The quantitative estimate of drug-likeness (QED) is 0.650. The largest absolute Gasteiger partial charge is 0.493 e. The highest BCUT2D eigenvalue weighted by Gasteiger charge is 2.19. The minimum Gasteiger partial charge on any atom is -0.493 e. The minimum absolute atomic E-state index is 0.168. The Bertz CT molecular complexity index is 945. The number of amides is 1. The van der Waals surface area contributed by atoms with E-state index in [4.69, 9.17) is 14.2 Å². The van der Waals surface area contributed by atoms with Gasteiger partial charge in [-0.05, 0) is 24.6 Å². The molecule has 1 heterocycles. The molecule has 0 aliphatic carbocycles. The summed E-state index contributed by atoms with van der Waals surface area (Å²) in [6, 6.07) is 13.3. The van der Waals surface area contributed by atoms with Crippen LogP contribution in [0.2, 0.25) is 0 Å². The molecular weight excluding hydrogens is 376 g/mol. The first kappa shape index (κ1) is 19.7. The number of ether oxygens (including phenoxy) is 3. The van der Waals surface area contributed by atoms with Gasteiger partial charge in [0.15, 0.2) is 11.5 Å². The van der Waals surface area contributed by atoms with Gasteiger partial charge in [-0.3, -0.25) is 4.79 Å². The summed E-state index contributed by atoms with van der Waals surface area (Å²) in [5, 5.41) is 3.80. The van der Waals surface area contributed by atoms with Crippen molar-refractivity contribution in [3.05, 3.63) is 57.9 Å². The Morgan fingerprint density at radius 3 is 2.25 bits per heavy atom. The van der Waals surface area contributed by atoms with Crippen LogP contribution in [0.1, 0.15) is 20.2 Å². The number of methoxy groups -OCH3 is 3. The van der Waals surface area contributed by atoms with E-state index in [1.54, 1.807) is 21.3 Å². The number of hydrogen-bond acceptors (Lipinski definition) is 6. The third kappa shape index (κ3) is 4.09. The van der Waals surface area contributed by atoms with E-state index in [0.717, 1.165) is 16.1 Å². The Kier molecular flexibility index (Phi) is 6.16. The number of benzene rings is 2. The van der Waals surface area contributed by atoms with E-state index in [0.29, 0.717) is 34.4 Å². The van der Waals surface area contributed by atoms with Gasteiger partial charge in [0.1, 0.15) is 4.88 Å². The fraction of sp³-hybridized carbons (Fsp3) is 0.238. The molecule has 2 aromatic carbocycles. The number of thiazole rings is 1. The summed E-state index contributed by atoms with van der Waals surface area (Å²) in [7, 11) is 4.68. The minimum atomic E-state index is -0.168. The Morgan fingerprint density at radius 2 is 1.68 bits per heavy atom. The molecule has 0 spiro atoms. The van der Waals surface area contributed by atoms with Crippen LogP contribution in [0.25, 0.3) is 11.3 Å². The van der Waals surface area contributed by atoms with Crippen molar-refractivity contribution in [3.8, 4) is 28.5 Å². The Morgan fingerprint density at radius 1 is 1.04 bits per heavy atom. The molecule has 0 aliphatic heterocycles. The molecule has 0 fully saturated rings. The summed E-state index contributed by atoms with van der Waals surface area (Å²) in [4.78, 5) is 18.0. The normalized spacial score (nSPS) is 10.4. The van der Waals surface area contributed by atoms with Crippen molar-refractivity contribution in [2.24, 2.45) is 0 Å². The van der Waals surface area contributed by atoms with E-state index in [2.05, 4.69) is 10.3 Å². The van der Waals surface area contributed by atoms with Gasteiger partial charge in [0.05, 0.1) is 32.0 Å². The molecule has 1 N–H and O–H groups in total. The van der Waals surface area contributed by atoms with Gasteiger partial charge >= 0.3 is 0 Å². The van der Waals surface area contributed by atoms with Crippen molar-refractivity contribution < 1.29 is 19.0 Å². The summed E-state index contributed by atoms with van der Waals surface area (Å²) in [5.41, 5.74) is 2.46. The molecule has 0 bridgehead atoms. The second kappa shape index (κ2) is 8.75. The smallest absolute Gasteiger partial charge is 0.263 e. The molecule has 3 aromatic rings. The van der Waals surface area contributed by atoms with Crippen molar-refractivity contribution >= 4 is 17.2 Å². The lowest BCUT2D eigenvalue weighted by molar-refractivity contribution is 0.0955. The lowest BCUT2D eigenvalue weighted by atomic mass is 10.1. The van der Waals surface area contributed by atoms with Crippen LogP contribution in [0.4, 0.5) is 0 Å². The zero-order chi connectivity index (χ0) is 20.1. The summed E-state index contributed by atoms with van der Waals surface area (Å²) >= 11 is 1.38. The van der Waals surface area contributed by atoms with Crippen LogP contribution in [-0.2, 0) is 6.54 Å². The first-order valence-corrected chi connectivity index (χ1v) is 9.49. The molecule has 0 atom stereocenters. The third-order valence-electron chi connectivity index (χ3n) is 4.17. The van der Waals surface area contributed by atoms with Crippen LogP contribution >= 0.6 is 11.3 Å². The Hall–Kier alpha value is -3.06. The Labute approximate surface area is 168 Å². The zero-order valence-electron chi connectivity index (χ0n) is 16.2.